The van der Waals surface area contributed by atoms with Crippen molar-refractivity contribution in [2.75, 3.05) is 0 Å². The molecule has 190 valence electrons. The number of H-pyrrole nitrogens is 2. The quantitative estimate of drug-likeness (QED) is 0.209. The van der Waals surface area contributed by atoms with Crippen molar-refractivity contribution in [1.82, 2.24) is 29.9 Å². The number of furan rings is 1. The standard InChI is InChI=1S/C6H6.C5H5N.C4H4O.C4H4S.2C3H4N2.C3H3NS/c2*1-2-4-6-5-3-1;2*1-2-4-5-3-1;3*1-2-5-3-4-1/h1-6H;1-5H;2*1-4H;2*1-3H,(H,4,5);1-3H. The zero-order chi connectivity index (χ0) is 26.2. The van der Waals surface area contributed by atoms with Crippen molar-refractivity contribution >= 4 is 22.7 Å². The lowest BCUT2D eigenvalue weighted by Crippen LogP contribution is -1.58. The Bertz CT molecular complexity index is 828. The number of hydrogen-bond acceptors (Lipinski definition) is 7. The van der Waals surface area contributed by atoms with E-state index < -0.39 is 0 Å². The van der Waals surface area contributed by atoms with Gasteiger partial charge in [0.05, 0.1) is 30.7 Å². The molecule has 7 aromatic rings. The van der Waals surface area contributed by atoms with Crippen LogP contribution in [0.15, 0.2) is 173 Å². The largest absolute Gasteiger partial charge is 0.473 e. The minimum absolute atomic E-state index is 1.60. The van der Waals surface area contributed by atoms with Crippen LogP contribution in [0.25, 0.3) is 0 Å². The van der Waals surface area contributed by atoms with Crippen LogP contribution in [-0.2, 0) is 0 Å². The number of rotatable bonds is 0. The maximum absolute atomic E-state index is 4.58. The van der Waals surface area contributed by atoms with E-state index in [1.807, 2.05) is 95.0 Å². The van der Waals surface area contributed by atoms with Crippen molar-refractivity contribution in [3.8, 4) is 0 Å². The predicted octanol–water partition coefficient (Wildman–Crippen LogP) is 7.76. The molecule has 0 saturated carbocycles. The average Bonchev–Trinajstić information content (AvgIpc) is 3.84. The van der Waals surface area contributed by atoms with Crippen LogP contribution in [0.4, 0.5) is 0 Å². The topological polar surface area (TPSA) is 96.3 Å². The van der Waals surface area contributed by atoms with E-state index in [9.17, 15) is 0 Å². The molecular weight excluding hydrogens is 500 g/mol. The molecule has 7 nitrogen and oxygen atoms in total. The van der Waals surface area contributed by atoms with Crippen molar-refractivity contribution < 1.29 is 4.42 Å². The Morgan fingerprint density at radius 3 is 1.14 bits per heavy atom. The molecule has 9 heteroatoms. The first-order chi connectivity index (χ1) is 18.5. The first kappa shape index (κ1) is 30.4. The number of thiazole rings is 1. The summed E-state index contributed by atoms with van der Waals surface area (Å²) in [6, 6.07) is 25.4. The summed E-state index contributed by atoms with van der Waals surface area (Å²) in [6.45, 7) is 0. The second-order valence-electron chi connectivity index (χ2n) is 5.96. The number of nitrogens with one attached hydrogen (secondary N) is 2. The summed E-state index contributed by atoms with van der Waals surface area (Å²) < 4.78 is 4.58. The number of hydrogen-bond donors (Lipinski definition) is 2. The molecule has 0 aliphatic carbocycles. The minimum atomic E-state index is 1.60. The lowest BCUT2D eigenvalue weighted by atomic mass is 10.4. The number of aromatic amines is 2. The van der Waals surface area contributed by atoms with Gasteiger partial charge in [-0.25, -0.2) is 9.97 Å². The van der Waals surface area contributed by atoms with Gasteiger partial charge in [0.1, 0.15) is 0 Å². The number of aromatic nitrogens is 6. The van der Waals surface area contributed by atoms with Crippen LogP contribution in [-0.4, -0.2) is 29.9 Å². The summed E-state index contributed by atoms with van der Waals surface area (Å²) in [7, 11) is 0. The molecule has 0 atom stereocenters. The Morgan fingerprint density at radius 1 is 0.432 bits per heavy atom. The van der Waals surface area contributed by atoms with Crippen LogP contribution in [0.1, 0.15) is 0 Å². The minimum Gasteiger partial charge on any atom is -0.473 e. The highest BCUT2D eigenvalue weighted by molar-refractivity contribution is 7.07. The van der Waals surface area contributed by atoms with E-state index in [0.717, 1.165) is 0 Å². The van der Waals surface area contributed by atoms with Gasteiger partial charge < -0.3 is 14.4 Å². The third-order valence-corrected chi connectivity index (χ3v) is 4.39. The third kappa shape index (κ3) is 25.9. The number of pyridine rings is 1. The van der Waals surface area contributed by atoms with E-state index in [1.54, 1.807) is 96.7 Å². The summed E-state index contributed by atoms with van der Waals surface area (Å²) >= 11 is 3.31. The second-order valence-corrected chi connectivity index (χ2v) is 7.53. The molecule has 0 bridgehead atoms. The highest BCUT2D eigenvalue weighted by atomic mass is 32.1. The number of benzene rings is 1. The van der Waals surface area contributed by atoms with Crippen molar-refractivity contribution in [1.29, 1.82) is 0 Å². The van der Waals surface area contributed by atoms with E-state index in [0.29, 0.717) is 0 Å². The van der Waals surface area contributed by atoms with Crippen LogP contribution in [0, 0.1) is 0 Å². The Labute approximate surface area is 225 Å². The third-order valence-electron chi connectivity index (χ3n) is 3.24. The maximum atomic E-state index is 4.58. The fourth-order valence-electron chi connectivity index (χ4n) is 1.76. The molecule has 37 heavy (non-hydrogen) atoms. The van der Waals surface area contributed by atoms with Crippen LogP contribution < -0.4 is 0 Å². The van der Waals surface area contributed by atoms with Gasteiger partial charge in [-0.1, -0.05) is 54.6 Å². The second kappa shape index (κ2) is 27.6. The monoisotopic (exact) mass is 530 g/mol. The molecule has 1 aromatic carbocycles. The molecule has 0 aliphatic heterocycles. The normalized spacial score (nSPS) is 8.00. The summed E-state index contributed by atoms with van der Waals surface area (Å²) in [5, 5.41) is 6.01. The molecule has 6 heterocycles. The van der Waals surface area contributed by atoms with Gasteiger partial charge in [0.25, 0.3) is 0 Å². The van der Waals surface area contributed by atoms with Gasteiger partial charge in [-0.3, -0.25) is 9.97 Å². The van der Waals surface area contributed by atoms with E-state index >= 15 is 0 Å². The fourth-order valence-corrected chi connectivity index (χ4v) is 2.56. The van der Waals surface area contributed by atoms with Crippen molar-refractivity contribution in [3.63, 3.8) is 0 Å². The Balaban J connectivity index is 0.000000216. The average molecular weight is 531 g/mol. The van der Waals surface area contributed by atoms with Crippen LogP contribution in [0.3, 0.4) is 0 Å². The van der Waals surface area contributed by atoms with Gasteiger partial charge in [0, 0.05) is 48.8 Å². The van der Waals surface area contributed by atoms with E-state index in [1.165, 1.54) is 0 Å². The smallest absolute Gasteiger partial charge is 0.0919 e. The Kier molecular flexibility index (Phi) is 22.7. The SMILES string of the molecule is c1c[nH]cn1.c1c[nH]cn1.c1ccccc1.c1ccncc1.c1ccoc1.c1ccsc1.c1cscn1. The summed E-state index contributed by atoms with van der Waals surface area (Å²) in [4.78, 5) is 20.4. The van der Waals surface area contributed by atoms with Crippen molar-refractivity contribution in [3.05, 3.63) is 169 Å². The van der Waals surface area contributed by atoms with Crippen molar-refractivity contribution in [2.24, 2.45) is 0 Å². The highest BCUT2D eigenvalue weighted by Gasteiger charge is 1.61. The fraction of sp³-hybridized carbons (Fsp3) is 0. The molecule has 0 spiro atoms. The van der Waals surface area contributed by atoms with Crippen molar-refractivity contribution in [2.45, 2.75) is 0 Å². The van der Waals surface area contributed by atoms with Gasteiger partial charge in [-0.05, 0) is 35.0 Å². The highest BCUT2D eigenvalue weighted by Crippen LogP contribution is 1.91. The predicted molar refractivity (Wildman–Crippen MR) is 153 cm³/mol. The van der Waals surface area contributed by atoms with Crippen LogP contribution in [0.5, 0.6) is 0 Å². The Morgan fingerprint density at radius 2 is 0.973 bits per heavy atom. The molecule has 0 aliphatic rings. The summed E-state index contributed by atoms with van der Waals surface area (Å²) in [5.74, 6) is 0. The molecule has 6 aromatic heterocycles. The first-order valence-electron chi connectivity index (χ1n) is 11.0. The zero-order valence-corrected chi connectivity index (χ0v) is 21.8. The molecule has 0 unspecified atom stereocenters. The number of imidazole rings is 2. The van der Waals surface area contributed by atoms with E-state index in [4.69, 9.17) is 0 Å². The van der Waals surface area contributed by atoms with Gasteiger partial charge in [-0.15, -0.1) is 11.3 Å². The first-order valence-corrected chi connectivity index (χ1v) is 12.9. The van der Waals surface area contributed by atoms with Gasteiger partial charge in [0.15, 0.2) is 0 Å². The van der Waals surface area contributed by atoms with Crippen LogP contribution >= 0.6 is 22.7 Å². The molecule has 0 fully saturated rings. The molecule has 2 N–H and O–H groups in total. The van der Waals surface area contributed by atoms with Gasteiger partial charge in [0.2, 0.25) is 0 Å². The lowest BCUT2D eigenvalue weighted by Gasteiger charge is -1.70. The van der Waals surface area contributed by atoms with Gasteiger partial charge >= 0.3 is 0 Å². The van der Waals surface area contributed by atoms with Gasteiger partial charge in [-0.2, -0.15) is 11.3 Å². The molecule has 0 saturated heterocycles. The molecule has 0 radical (unpaired) electrons. The molecule has 0 amide bonds. The maximum Gasteiger partial charge on any atom is 0.0919 e. The summed E-state index contributed by atoms with van der Waals surface area (Å²) in [5.41, 5.74) is 1.79. The Hall–Kier alpha value is -4.60. The number of thiophene rings is 1. The number of nitrogens with zero attached hydrogens (tertiary/aromatic N) is 4. The van der Waals surface area contributed by atoms with E-state index in [2.05, 4.69) is 34.3 Å². The van der Waals surface area contributed by atoms with E-state index in [-0.39, 0.29) is 0 Å². The molecular formula is C28H30N6OS2. The lowest BCUT2D eigenvalue weighted by molar-refractivity contribution is 0.567. The summed E-state index contributed by atoms with van der Waals surface area (Å²) in [6.07, 6.45) is 18.7. The molecule has 7 rings (SSSR count). The zero-order valence-electron chi connectivity index (χ0n) is 20.2. The van der Waals surface area contributed by atoms with Crippen LogP contribution in [0.2, 0.25) is 0 Å².